The van der Waals surface area contributed by atoms with Crippen molar-refractivity contribution in [2.24, 2.45) is 0 Å². The average molecular weight is 178 g/mol. The molecule has 1 aromatic rings. The number of carbonyl (C=O) groups excluding carboxylic acids is 1. The van der Waals surface area contributed by atoms with Crippen LogP contribution in [0.25, 0.3) is 0 Å². The molecule has 1 heterocycles. The van der Waals surface area contributed by atoms with Crippen LogP contribution in [0, 0.1) is 0 Å². The Labute approximate surface area is 75.0 Å². The Kier molecular flexibility index (Phi) is 1.88. The van der Waals surface area contributed by atoms with Crippen molar-refractivity contribution in [1.82, 2.24) is 10.3 Å². The van der Waals surface area contributed by atoms with E-state index in [-0.39, 0.29) is 23.1 Å². The molecule has 0 bridgehead atoms. The fraction of sp³-hybridized carbons (Fsp3) is 0.333. The predicted molar refractivity (Wildman–Crippen MR) is 47.6 cm³/mol. The molecule has 0 atom stereocenters. The summed E-state index contributed by atoms with van der Waals surface area (Å²) in [5.41, 5.74) is -0.143. The number of hydrogen-bond donors (Lipinski definition) is 2. The van der Waals surface area contributed by atoms with Crippen molar-refractivity contribution < 1.29 is 4.79 Å². The number of pyridine rings is 1. The van der Waals surface area contributed by atoms with Gasteiger partial charge in [0, 0.05) is 12.2 Å². The van der Waals surface area contributed by atoms with Crippen molar-refractivity contribution in [3.05, 3.63) is 34.2 Å². The lowest BCUT2D eigenvalue weighted by molar-refractivity contribution is 0.0949. The van der Waals surface area contributed by atoms with Gasteiger partial charge in [-0.2, -0.15) is 0 Å². The van der Waals surface area contributed by atoms with E-state index < -0.39 is 0 Å². The summed E-state index contributed by atoms with van der Waals surface area (Å²) in [5, 5.41) is 2.75. The lowest BCUT2D eigenvalue weighted by Gasteiger charge is -2.00. The molecule has 0 radical (unpaired) electrons. The van der Waals surface area contributed by atoms with Crippen LogP contribution in [0.2, 0.25) is 0 Å². The molecule has 0 aromatic carbocycles. The van der Waals surface area contributed by atoms with Gasteiger partial charge in [0.1, 0.15) is 5.56 Å². The van der Waals surface area contributed by atoms with Gasteiger partial charge in [-0.25, -0.2) is 0 Å². The highest BCUT2D eigenvalue weighted by atomic mass is 16.2. The first-order valence-electron chi connectivity index (χ1n) is 4.26. The Morgan fingerprint density at radius 3 is 2.92 bits per heavy atom. The molecule has 0 unspecified atom stereocenters. The predicted octanol–water partition coefficient (Wildman–Crippen LogP) is 0.267. The third kappa shape index (κ3) is 1.77. The summed E-state index contributed by atoms with van der Waals surface area (Å²) in [5.74, 6) is -0.274. The van der Waals surface area contributed by atoms with Gasteiger partial charge < -0.3 is 10.3 Å². The van der Waals surface area contributed by atoms with Crippen LogP contribution < -0.4 is 10.9 Å². The molecule has 13 heavy (non-hydrogen) atoms. The monoisotopic (exact) mass is 178 g/mol. The van der Waals surface area contributed by atoms with E-state index >= 15 is 0 Å². The number of rotatable bonds is 2. The van der Waals surface area contributed by atoms with Gasteiger partial charge in [0.2, 0.25) is 0 Å². The summed E-state index contributed by atoms with van der Waals surface area (Å²) in [6.45, 7) is 0. The summed E-state index contributed by atoms with van der Waals surface area (Å²) >= 11 is 0. The van der Waals surface area contributed by atoms with Gasteiger partial charge in [0.05, 0.1) is 0 Å². The molecule has 0 spiro atoms. The molecule has 68 valence electrons. The molecular formula is C9H10N2O2. The Morgan fingerprint density at radius 1 is 1.54 bits per heavy atom. The summed E-state index contributed by atoms with van der Waals surface area (Å²) in [4.78, 5) is 25.0. The van der Waals surface area contributed by atoms with Gasteiger partial charge in [-0.05, 0) is 25.0 Å². The molecule has 1 aliphatic carbocycles. The molecule has 1 aromatic heterocycles. The third-order valence-electron chi connectivity index (χ3n) is 1.98. The minimum Gasteiger partial charge on any atom is -0.349 e. The molecule has 1 aliphatic rings. The molecule has 2 rings (SSSR count). The quantitative estimate of drug-likeness (QED) is 0.682. The lowest BCUT2D eigenvalue weighted by Crippen LogP contribution is -2.30. The number of carbonyl (C=O) groups is 1. The number of hydrogen-bond acceptors (Lipinski definition) is 2. The molecule has 1 saturated carbocycles. The van der Waals surface area contributed by atoms with Gasteiger partial charge in [-0.3, -0.25) is 9.59 Å². The molecule has 4 heteroatoms. The van der Waals surface area contributed by atoms with Crippen LogP contribution in [0.1, 0.15) is 23.2 Å². The number of aromatic amines is 1. The van der Waals surface area contributed by atoms with Crippen molar-refractivity contribution in [2.45, 2.75) is 18.9 Å². The van der Waals surface area contributed by atoms with Crippen LogP contribution in [0.3, 0.4) is 0 Å². The van der Waals surface area contributed by atoms with E-state index in [0.29, 0.717) is 0 Å². The van der Waals surface area contributed by atoms with Crippen molar-refractivity contribution >= 4 is 5.91 Å². The van der Waals surface area contributed by atoms with Crippen LogP contribution >= 0.6 is 0 Å². The molecule has 4 nitrogen and oxygen atoms in total. The molecular weight excluding hydrogens is 168 g/mol. The summed E-state index contributed by atoms with van der Waals surface area (Å²) in [6, 6.07) is 3.45. The first-order chi connectivity index (χ1) is 6.27. The maximum Gasteiger partial charge on any atom is 0.260 e. The highest BCUT2D eigenvalue weighted by Gasteiger charge is 2.24. The fourth-order valence-corrected chi connectivity index (χ4v) is 1.09. The molecule has 0 aliphatic heterocycles. The second kappa shape index (κ2) is 3.05. The first kappa shape index (κ1) is 8.04. The maximum atomic E-state index is 11.4. The van der Waals surface area contributed by atoms with Gasteiger partial charge in [0.15, 0.2) is 0 Å². The van der Waals surface area contributed by atoms with E-state index in [2.05, 4.69) is 10.3 Å². The lowest BCUT2D eigenvalue weighted by atomic mass is 10.2. The number of H-pyrrole nitrogens is 1. The first-order valence-corrected chi connectivity index (χ1v) is 4.26. The Hall–Kier alpha value is -1.58. The molecule has 0 saturated heterocycles. The summed E-state index contributed by atoms with van der Waals surface area (Å²) in [6.07, 6.45) is 3.56. The van der Waals surface area contributed by atoms with Gasteiger partial charge in [-0.15, -0.1) is 0 Å². The summed E-state index contributed by atoms with van der Waals surface area (Å²) in [7, 11) is 0. The van der Waals surface area contributed by atoms with Crippen molar-refractivity contribution in [3.8, 4) is 0 Å². The van der Waals surface area contributed by atoms with Gasteiger partial charge >= 0.3 is 0 Å². The smallest absolute Gasteiger partial charge is 0.260 e. The van der Waals surface area contributed by atoms with Crippen molar-refractivity contribution in [3.63, 3.8) is 0 Å². The SMILES string of the molecule is O=C(NC1CC1)c1ccc[nH]c1=O. The van der Waals surface area contributed by atoms with E-state index in [0.717, 1.165) is 12.8 Å². The van der Waals surface area contributed by atoms with E-state index in [4.69, 9.17) is 0 Å². The normalized spacial score (nSPS) is 15.4. The van der Waals surface area contributed by atoms with Crippen LogP contribution in [0.15, 0.2) is 23.1 Å². The Morgan fingerprint density at radius 2 is 2.31 bits per heavy atom. The highest BCUT2D eigenvalue weighted by molar-refractivity contribution is 5.94. The largest absolute Gasteiger partial charge is 0.349 e. The van der Waals surface area contributed by atoms with E-state index in [9.17, 15) is 9.59 Å². The van der Waals surface area contributed by atoms with Crippen molar-refractivity contribution in [1.29, 1.82) is 0 Å². The minimum atomic E-state index is -0.333. The van der Waals surface area contributed by atoms with Crippen LogP contribution in [0.4, 0.5) is 0 Å². The van der Waals surface area contributed by atoms with Crippen molar-refractivity contribution in [2.75, 3.05) is 0 Å². The van der Waals surface area contributed by atoms with Crippen LogP contribution in [-0.2, 0) is 0 Å². The average Bonchev–Trinajstić information content (AvgIpc) is 2.89. The second-order valence-electron chi connectivity index (χ2n) is 3.16. The zero-order chi connectivity index (χ0) is 9.26. The van der Waals surface area contributed by atoms with Crippen LogP contribution in [0.5, 0.6) is 0 Å². The molecule has 1 amide bonds. The van der Waals surface area contributed by atoms with E-state index in [1.54, 1.807) is 6.07 Å². The maximum absolute atomic E-state index is 11.4. The summed E-state index contributed by atoms with van der Waals surface area (Å²) < 4.78 is 0. The molecule has 1 fully saturated rings. The van der Waals surface area contributed by atoms with Crippen LogP contribution in [-0.4, -0.2) is 16.9 Å². The Balaban J connectivity index is 2.18. The van der Waals surface area contributed by atoms with Gasteiger partial charge in [-0.1, -0.05) is 0 Å². The zero-order valence-corrected chi connectivity index (χ0v) is 7.04. The second-order valence-corrected chi connectivity index (χ2v) is 3.16. The Bertz CT molecular complexity index is 379. The standard InChI is InChI=1S/C9H10N2O2/c12-8-7(2-1-5-10-8)9(13)11-6-3-4-6/h1-2,5-6H,3-4H2,(H,10,12)(H,11,13). The van der Waals surface area contributed by atoms with E-state index in [1.165, 1.54) is 12.3 Å². The topological polar surface area (TPSA) is 62.0 Å². The number of aromatic nitrogens is 1. The van der Waals surface area contributed by atoms with Gasteiger partial charge in [0.25, 0.3) is 11.5 Å². The molecule has 2 N–H and O–H groups in total. The number of nitrogens with one attached hydrogen (secondary N) is 2. The highest BCUT2D eigenvalue weighted by Crippen LogP contribution is 2.18. The fourth-order valence-electron chi connectivity index (χ4n) is 1.09. The third-order valence-corrected chi connectivity index (χ3v) is 1.98. The minimum absolute atomic E-state index is 0.189. The number of amides is 1. The zero-order valence-electron chi connectivity index (χ0n) is 7.04. The van der Waals surface area contributed by atoms with E-state index in [1.807, 2.05) is 0 Å².